The molecule has 0 aliphatic heterocycles. The van der Waals surface area contributed by atoms with Crippen LogP contribution in [0.25, 0.3) is 0 Å². The third-order valence-electron chi connectivity index (χ3n) is 1.88. The predicted molar refractivity (Wildman–Crippen MR) is 55.4 cm³/mol. The van der Waals surface area contributed by atoms with Gasteiger partial charge in [-0.1, -0.05) is 0 Å². The van der Waals surface area contributed by atoms with Crippen LogP contribution < -0.4 is 4.35 Å². The van der Waals surface area contributed by atoms with E-state index in [9.17, 15) is 23.3 Å². The van der Waals surface area contributed by atoms with Gasteiger partial charge in [-0.05, 0) is 0 Å². The van der Waals surface area contributed by atoms with E-state index in [4.69, 9.17) is 5.11 Å². The number of benzene rings is 1. The van der Waals surface area contributed by atoms with Crippen LogP contribution in [0.1, 0.15) is 5.56 Å². The molecule has 1 radical (unpaired) electrons. The molecule has 1 aromatic rings. The molecule has 0 saturated carbocycles. The van der Waals surface area contributed by atoms with Gasteiger partial charge in [0, 0.05) is 0 Å². The van der Waals surface area contributed by atoms with E-state index in [0.717, 1.165) is 12.1 Å². The fourth-order valence-corrected chi connectivity index (χ4v) is 2.89. The normalized spacial score (nSPS) is 12.2. The van der Waals surface area contributed by atoms with Crippen LogP contribution in [0.15, 0.2) is 18.2 Å². The molecule has 0 amide bonds. The van der Waals surface area contributed by atoms with Crippen molar-refractivity contribution in [1.29, 1.82) is 0 Å². The van der Waals surface area contributed by atoms with Crippen molar-refractivity contribution < 1.29 is 23.2 Å². The van der Waals surface area contributed by atoms with Crippen LogP contribution in [0, 0.1) is 10.1 Å². The number of hydrogen-bond donors (Lipinski definition) is 1. The summed E-state index contributed by atoms with van der Waals surface area (Å²) in [5, 5.41) is 19.6. The minimum absolute atomic E-state index is 0.127. The van der Waals surface area contributed by atoms with Crippen LogP contribution in [0.5, 0.6) is 0 Å². The molecule has 0 bridgehead atoms. The second-order valence-corrected chi connectivity index (χ2v) is 5.68. The zero-order chi connectivity index (χ0) is 13.1. The molecule has 0 aromatic heterocycles. The van der Waals surface area contributed by atoms with Gasteiger partial charge in [0.15, 0.2) is 0 Å². The van der Waals surface area contributed by atoms with Crippen molar-refractivity contribution in [1.82, 2.24) is 0 Å². The number of rotatable bonds is 4. The first kappa shape index (κ1) is 14.0. The van der Waals surface area contributed by atoms with E-state index < -0.39 is 38.1 Å². The Morgan fingerprint density at radius 2 is 2.06 bits per heavy atom. The SMILES string of the molecule is O=[N+]([O-])c1cc(C(F)(F)F)ccc1[As]CCO. The monoisotopic (exact) mass is 310 g/mol. The number of nitro benzene ring substituents is 1. The summed E-state index contributed by atoms with van der Waals surface area (Å²) in [6.45, 7) is -0.127. The Labute approximate surface area is 101 Å². The van der Waals surface area contributed by atoms with Gasteiger partial charge < -0.3 is 0 Å². The quantitative estimate of drug-likeness (QED) is 0.519. The average Bonchev–Trinajstić information content (AvgIpc) is 2.24. The summed E-state index contributed by atoms with van der Waals surface area (Å²) in [5.74, 6) is 0. The van der Waals surface area contributed by atoms with Gasteiger partial charge in [0.05, 0.1) is 0 Å². The summed E-state index contributed by atoms with van der Waals surface area (Å²) >= 11 is -0.688. The van der Waals surface area contributed by atoms with Crippen LogP contribution >= 0.6 is 0 Å². The summed E-state index contributed by atoms with van der Waals surface area (Å²) in [5.41, 5.74) is -1.55. The molecule has 0 fully saturated rings. The van der Waals surface area contributed by atoms with E-state index in [1.54, 1.807) is 0 Å². The Morgan fingerprint density at radius 3 is 2.53 bits per heavy atom. The topological polar surface area (TPSA) is 63.4 Å². The summed E-state index contributed by atoms with van der Waals surface area (Å²) in [7, 11) is 0. The number of nitrogens with zero attached hydrogens (tertiary/aromatic N) is 1. The van der Waals surface area contributed by atoms with Crippen molar-refractivity contribution in [3.05, 3.63) is 33.9 Å². The van der Waals surface area contributed by atoms with Crippen molar-refractivity contribution in [3.63, 3.8) is 0 Å². The average molecular weight is 310 g/mol. The van der Waals surface area contributed by atoms with E-state index >= 15 is 0 Å². The summed E-state index contributed by atoms with van der Waals surface area (Å²) in [6.07, 6.45) is -4.59. The van der Waals surface area contributed by atoms with Crippen LogP contribution in [-0.2, 0) is 6.18 Å². The molecule has 0 spiro atoms. The molecule has 1 aromatic carbocycles. The van der Waals surface area contributed by atoms with Gasteiger partial charge in [-0.25, -0.2) is 0 Å². The second-order valence-electron chi connectivity index (χ2n) is 3.06. The number of halogens is 3. The van der Waals surface area contributed by atoms with Crippen LogP contribution in [-0.4, -0.2) is 32.4 Å². The first-order valence-electron chi connectivity index (χ1n) is 4.50. The van der Waals surface area contributed by atoms with Gasteiger partial charge in [0.1, 0.15) is 0 Å². The molecule has 0 heterocycles. The zero-order valence-electron chi connectivity index (χ0n) is 8.44. The first-order chi connectivity index (χ1) is 7.86. The fraction of sp³-hybridized carbons (Fsp3) is 0.333. The Balaban J connectivity index is 3.13. The summed E-state index contributed by atoms with van der Waals surface area (Å²) in [6, 6.07) is 2.49. The molecule has 0 saturated heterocycles. The standard InChI is InChI=1S/C9H8AsF3NO3/c11-9(12,13)6-1-2-7(10-3-4-15)8(5-6)14(16)17/h1-2,5,15H,3-4H2. The zero-order valence-corrected chi connectivity index (χ0v) is 10.3. The van der Waals surface area contributed by atoms with E-state index in [-0.39, 0.29) is 11.0 Å². The molecule has 0 unspecified atom stereocenters. The van der Waals surface area contributed by atoms with E-state index in [0.29, 0.717) is 11.3 Å². The third kappa shape index (κ3) is 3.71. The van der Waals surface area contributed by atoms with Gasteiger partial charge in [0.2, 0.25) is 0 Å². The molecule has 0 aliphatic rings. The Kier molecular flexibility index (Phi) is 4.53. The molecular weight excluding hydrogens is 302 g/mol. The van der Waals surface area contributed by atoms with Gasteiger partial charge in [-0.15, -0.1) is 0 Å². The molecule has 1 rings (SSSR count). The van der Waals surface area contributed by atoms with Crippen molar-refractivity contribution in [2.45, 2.75) is 11.4 Å². The van der Waals surface area contributed by atoms with Crippen molar-refractivity contribution in [2.75, 3.05) is 6.61 Å². The molecule has 93 valence electrons. The first-order valence-corrected chi connectivity index (χ1v) is 6.77. The minimum atomic E-state index is -4.59. The third-order valence-corrected chi connectivity index (χ3v) is 4.28. The molecule has 1 N–H and O–H groups in total. The van der Waals surface area contributed by atoms with Gasteiger partial charge in [-0.3, -0.25) is 0 Å². The second kappa shape index (κ2) is 5.51. The van der Waals surface area contributed by atoms with Crippen LogP contribution in [0.4, 0.5) is 18.9 Å². The Morgan fingerprint density at radius 1 is 1.41 bits per heavy atom. The molecule has 8 heteroatoms. The van der Waals surface area contributed by atoms with Crippen LogP contribution in [0.2, 0.25) is 5.21 Å². The van der Waals surface area contributed by atoms with E-state index in [2.05, 4.69) is 0 Å². The molecule has 0 aliphatic carbocycles. The van der Waals surface area contributed by atoms with Gasteiger partial charge >= 0.3 is 101 Å². The van der Waals surface area contributed by atoms with E-state index in [1.165, 1.54) is 0 Å². The Hall–Kier alpha value is -1.07. The van der Waals surface area contributed by atoms with Crippen LogP contribution in [0.3, 0.4) is 0 Å². The van der Waals surface area contributed by atoms with Gasteiger partial charge in [-0.2, -0.15) is 0 Å². The van der Waals surface area contributed by atoms with Gasteiger partial charge in [0.25, 0.3) is 0 Å². The van der Waals surface area contributed by atoms with Crippen molar-refractivity contribution in [3.8, 4) is 0 Å². The van der Waals surface area contributed by atoms with Crippen molar-refractivity contribution >= 4 is 25.8 Å². The predicted octanol–water partition coefficient (Wildman–Crippen LogP) is 1.35. The molecule has 0 atom stereocenters. The fourth-order valence-electron chi connectivity index (χ4n) is 1.15. The summed E-state index contributed by atoms with van der Waals surface area (Å²) in [4.78, 5) is 9.83. The number of alkyl halides is 3. The number of aliphatic hydroxyl groups excluding tert-OH is 1. The number of aliphatic hydroxyl groups is 1. The molecule has 4 nitrogen and oxygen atoms in total. The maximum absolute atomic E-state index is 12.4. The maximum atomic E-state index is 12.4. The summed E-state index contributed by atoms with van der Waals surface area (Å²) < 4.78 is 37.4. The van der Waals surface area contributed by atoms with E-state index in [1.807, 2.05) is 0 Å². The van der Waals surface area contributed by atoms with Crippen molar-refractivity contribution in [2.24, 2.45) is 0 Å². The molecular formula is C9H8AsF3NO3. The molecule has 17 heavy (non-hydrogen) atoms. The Bertz CT molecular complexity index is 422. The number of nitro groups is 1. The number of hydrogen-bond acceptors (Lipinski definition) is 3.